The standard InChI is InChI=1S/C15H15NO2/c1-2-11-6-8-13(18-11)15(17)12-7-5-10-4-3-9-16-14(10)12/h3-4,6,8-9,12H,2,5,7H2,1H3. The van der Waals surface area contributed by atoms with E-state index in [4.69, 9.17) is 4.42 Å². The normalized spacial score (nSPS) is 17.7. The van der Waals surface area contributed by atoms with Crippen LogP contribution in [-0.4, -0.2) is 10.8 Å². The first kappa shape index (κ1) is 11.2. The van der Waals surface area contributed by atoms with E-state index in [1.807, 2.05) is 19.1 Å². The molecular weight excluding hydrogens is 226 g/mol. The molecule has 3 rings (SSSR count). The highest BCUT2D eigenvalue weighted by atomic mass is 16.3. The Balaban J connectivity index is 1.90. The summed E-state index contributed by atoms with van der Waals surface area (Å²) < 4.78 is 5.54. The van der Waals surface area contributed by atoms with Crippen LogP contribution in [0.5, 0.6) is 0 Å². The maximum Gasteiger partial charge on any atom is 0.207 e. The van der Waals surface area contributed by atoms with E-state index in [9.17, 15) is 4.79 Å². The second-order valence-corrected chi connectivity index (χ2v) is 4.62. The van der Waals surface area contributed by atoms with Crippen LogP contribution >= 0.6 is 0 Å². The molecule has 3 heteroatoms. The van der Waals surface area contributed by atoms with Crippen molar-refractivity contribution in [3.63, 3.8) is 0 Å². The van der Waals surface area contributed by atoms with Gasteiger partial charge < -0.3 is 4.42 Å². The van der Waals surface area contributed by atoms with Crippen molar-refractivity contribution in [2.75, 3.05) is 0 Å². The van der Waals surface area contributed by atoms with Crippen LogP contribution in [0.25, 0.3) is 0 Å². The van der Waals surface area contributed by atoms with Crippen LogP contribution in [0.4, 0.5) is 0 Å². The Labute approximate surface area is 106 Å². The van der Waals surface area contributed by atoms with Gasteiger partial charge in [-0.3, -0.25) is 9.78 Å². The number of carbonyl (C=O) groups excluding carboxylic acids is 1. The van der Waals surface area contributed by atoms with E-state index in [2.05, 4.69) is 11.1 Å². The molecule has 1 aliphatic carbocycles. The summed E-state index contributed by atoms with van der Waals surface area (Å²) in [5.74, 6) is 1.26. The Morgan fingerprint density at radius 1 is 1.44 bits per heavy atom. The zero-order chi connectivity index (χ0) is 12.5. The highest BCUT2D eigenvalue weighted by Gasteiger charge is 2.31. The largest absolute Gasteiger partial charge is 0.458 e. The molecule has 2 aromatic heterocycles. The van der Waals surface area contributed by atoms with Gasteiger partial charge in [-0.05, 0) is 36.6 Å². The average Bonchev–Trinajstić information content (AvgIpc) is 3.04. The maximum atomic E-state index is 12.4. The minimum atomic E-state index is -0.128. The van der Waals surface area contributed by atoms with Crippen LogP contribution in [0.2, 0.25) is 0 Å². The molecule has 0 aromatic carbocycles. The summed E-state index contributed by atoms with van der Waals surface area (Å²) in [6.07, 6.45) is 4.34. The number of hydrogen-bond acceptors (Lipinski definition) is 3. The Morgan fingerprint density at radius 2 is 2.33 bits per heavy atom. The van der Waals surface area contributed by atoms with Crippen LogP contribution < -0.4 is 0 Å². The fourth-order valence-electron chi connectivity index (χ4n) is 2.54. The number of rotatable bonds is 3. The molecule has 0 N–H and O–H groups in total. The Morgan fingerprint density at radius 3 is 3.11 bits per heavy atom. The minimum Gasteiger partial charge on any atom is -0.458 e. The lowest BCUT2D eigenvalue weighted by Gasteiger charge is -2.07. The van der Waals surface area contributed by atoms with Gasteiger partial charge in [-0.15, -0.1) is 0 Å². The van der Waals surface area contributed by atoms with E-state index in [1.165, 1.54) is 5.56 Å². The van der Waals surface area contributed by atoms with Crippen molar-refractivity contribution in [2.24, 2.45) is 0 Å². The molecule has 1 atom stereocenters. The zero-order valence-electron chi connectivity index (χ0n) is 10.3. The number of carbonyl (C=O) groups is 1. The van der Waals surface area contributed by atoms with Gasteiger partial charge in [-0.25, -0.2) is 0 Å². The van der Waals surface area contributed by atoms with Crippen LogP contribution in [0.15, 0.2) is 34.9 Å². The highest BCUT2D eigenvalue weighted by molar-refractivity contribution is 5.99. The van der Waals surface area contributed by atoms with Gasteiger partial charge >= 0.3 is 0 Å². The number of furan rings is 1. The quantitative estimate of drug-likeness (QED) is 0.775. The van der Waals surface area contributed by atoms with Crippen molar-refractivity contribution in [2.45, 2.75) is 32.1 Å². The fraction of sp³-hybridized carbons (Fsp3) is 0.333. The summed E-state index contributed by atoms with van der Waals surface area (Å²) in [7, 11) is 0. The summed E-state index contributed by atoms with van der Waals surface area (Å²) in [5.41, 5.74) is 2.12. The van der Waals surface area contributed by atoms with E-state index in [-0.39, 0.29) is 11.7 Å². The number of nitrogens with zero attached hydrogens (tertiary/aromatic N) is 1. The molecule has 92 valence electrons. The van der Waals surface area contributed by atoms with Gasteiger partial charge in [-0.1, -0.05) is 13.0 Å². The third-order valence-electron chi connectivity index (χ3n) is 3.53. The average molecular weight is 241 g/mol. The van der Waals surface area contributed by atoms with Crippen LogP contribution in [0.1, 0.15) is 46.8 Å². The van der Waals surface area contributed by atoms with E-state index >= 15 is 0 Å². The van der Waals surface area contributed by atoms with Crippen molar-refractivity contribution < 1.29 is 9.21 Å². The predicted molar refractivity (Wildman–Crippen MR) is 67.7 cm³/mol. The predicted octanol–water partition coefficient (Wildman–Crippen LogP) is 3.15. The number of hydrogen-bond donors (Lipinski definition) is 0. The number of pyridine rings is 1. The van der Waals surface area contributed by atoms with Crippen molar-refractivity contribution in [3.8, 4) is 0 Å². The number of fused-ring (bicyclic) bond motifs is 1. The fourth-order valence-corrected chi connectivity index (χ4v) is 2.54. The second-order valence-electron chi connectivity index (χ2n) is 4.62. The first-order valence-electron chi connectivity index (χ1n) is 6.36. The summed E-state index contributed by atoms with van der Waals surface area (Å²) >= 11 is 0. The Kier molecular flexibility index (Phi) is 2.74. The Bertz CT molecular complexity index is 586. The van der Waals surface area contributed by atoms with Crippen molar-refractivity contribution in [1.29, 1.82) is 0 Å². The molecular formula is C15H15NO2. The van der Waals surface area contributed by atoms with Gasteiger partial charge in [0.1, 0.15) is 5.76 Å². The Hall–Kier alpha value is -1.90. The molecule has 1 aliphatic rings. The number of aromatic nitrogens is 1. The number of Topliss-reactive ketones (excluding diaryl/α,β-unsaturated/α-hetero) is 1. The first-order chi connectivity index (χ1) is 8.79. The van der Waals surface area contributed by atoms with Crippen molar-refractivity contribution in [3.05, 3.63) is 53.2 Å². The summed E-state index contributed by atoms with van der Waals surface area (Å²) in [6.45, 7) is 2.01. The van der Waals surface area contributed by atoms with Crippen LogP contribution in [0, 0.1) is 0 Å². The third kappa shape index (κ3) is 1.76. The van der Waals surface area contributed by atoms with Gasteiger partial charge in [0.25, 0.3) is 0 Å². The van der Waals surface area contributed by atoms with Gasteiger partial charge in [0, 0.05) is 12.6 Å². The topological polar surface area (TPSA) is 43.1 Å². The molecule has 3 nitrogen and oxygen atoms in total. The molecule has 0 spiro atoms. The van der Waals surface area contributed by atoms with Crippen molar-refractivity contribution >= 4 is 5.78 Å². The summed E-state index contributed by atoms with van der Waals surface area (Å²) in [5, 5.41) is 0. The molecule has 18 heavy (non-hydrogen) atoms. The minimum absolute atomic E-state index is 0.0622. The van der Waals surface area contributed by atoms with E-state index in [1.54, 1.807) is 12.3 Å². The molecule has 0 fully saturated rings. The highest BCUT2D eigenvalue weighted by Crippen LogP contribution is 2.34. The van der Waals surface area contributed by atoms with E-state index in [0.29, 0.717) is 5.76 Å². The van der Waals surface area contributed by atoms with Gasteiger partial charge in [0.05, 0.1) is 11.6 Å². The van der Waals surface area contributed by atoms with Crippen molar-refractivity contribution in [1.82, 2.24) is 4.98 Å². The molecule has 0 amide bonds. The lowest BCUT2D eigenvalue weighted by atomic mass is 9.99. The first-order valence-corrected chi connectivity index (χ1v) is 6.36. The lowest BCUT2D eigenvalue weighted by molar-refractivity contribution is 0.0929. The smallest absolute Gasteiger partial charge is 0.207 e. The molecule has 1 unspecified atom stereocenters. The third-order valence-corrected chi connectivity index (χ3v) is 3.53. The molecule has 0 saturated carbocycles. The number of ketones is 1. The zero-order valence-corrected chi connectivity index (χ0v) is 10.3. The summed E-state index contributed by atoms with van der Waals surface area (Å²) in [6, 6.07) is 7.63. The molecule has 0 bridgehead atoms. The van der Waals surface area contributed by atoms with Gasteiger partial charge in [-0.2, -0.15) is 0 Å². The SMILES string of the molecule is CCc1ccc(C(=O)C2CCc3cccnc32)o1. The lowest BCUT2D eigenvalue weighted by Crippen LogP contribution is -2.10. The second kappa shape index (κ2) is 4.41. The molecule has 2 aromatic rings. The molecule has 2 heterocycles. The van der Waals surface area contributed by atoms with Crippen LogP contribution in [-0.2, 0) is 12.8 Å². The molecule has 0 radical (unpaired) electrons. The molecule has 0 aliphatic heterocycles. The monoisotopic (exact) mass is 241 g/mol. The maximum absolute atomic E-state index is 12.4. The number of aryl methyl sites for hydroxylation is 2. The molecule has 0 saturated heterocycles. The van der Waals surface area contributed by atoms with E-state index < -0.39 is 0 Å². The van der Waals surface area contributed by atoms with Gasteiger partial charge in [0.2, 0.25) is 5.78 Å². The van der Waals surface area contributed by atoms with Crippen LogP contribution in [0.3, 0.4) is 0 Å². The summed E-state index contributed by atoms with van der Waals surface area (Å²) in [4.78, 5) is 16.8. The van der Waals surface area contributed by atoms with Gasteiger partial charge in [0.15, 0.2) is 5.76 Å². The van der Waals surface area contributed by atoms with E-state index in [0.717, 1.165) is 30.7 Å².